The predicted molar refractivity (Wildman–Crippen MR) is 74.6 cm³/mol. The molecule has 1 saturated heterocycles. The van der Waals surface area contributed by atoms with E-state index >= 15 is 0 Å². The summed E-state index contributed by atoms with van der Waals surface area (Å²) >= 11 is 0. The molecule has 0 spiro atoms. The average molecular weight is 252 g/mol. The molecule has 1 aliphatic carbocycles. The molecule has 0 bridgehead atoms. The van der Waals surface area contributed by atoms with E-state index in [1.54, 1.807) is 5.06 Å². The van der Waals surface area contributed by atoms with E-state index in [1.807, 2.05) is 0 Å². The highest BCUT2D eigenvalue weighted by Gasteiger charge is 2.63. The largest absolute Gasteiger partial charge is 0.142 e. The fraction of sp³-hybridized carbons (Fsp3) is 1.00. The van der Waals surface area contributed by atoms with E-state index in [2.05, 4.69) is 27.7 Å². The van der Waals surface area contributed by atoms with Crippen LogP contribution < -0.4 is 0 Å². The van der Waals surface area contributed by atoms with Crippen molar-refractivity contribution in [2.75, 3.05) is 0 Å². The van der Waals surface area contributed by atoms with Gasteiger partial charge < -0.3 is 0 Å². The van der Waals surface area contributed by atoms with Crippen molar-refractivity contribution in [3.63, 3.8) is 0 Å². The Kier molecular flexibility index (Phi) is 4.08. The maximum absolute atomic E-state index is 13.2. The van der Waals surface area contributed by atoms with Crippen LogP contribution in [0, 0.1) is 11.8 Å². The molecule has 1 heterocycles. The van der Waals surface area contributed by atoms with Crippen LogP contribution in [0.2, 0.25) is 0 Å². The van der Waals surface area contributed by atoms with Gasteiger partial charge in [-0.05, 0) is 50.4 Å². The summed E-state index contributed by atoms with van der Waals surface area (Å²) in [5, 5.41) is 14.8. The third kappa shape index (κ3) is 1.61. The zero-order valence-corrected chi connectivity index (χ0v) is 12.7. The van der Waals surface area contributed by atoms with Gasteiger partial charge in [0.15, 0.2) is 0 Å². The second kappa shape index (κ2) is 5.13. The molecule has 105 valence electrons. The molecule has 0 aromatic rings. The molecule has 1 radical (unpaired) electrons. The van der Waals surface area contributed by atoms with Crippen LogP contribution >= 0.6 is 0 Å². The highest BCUT2D eigenvalue weighted by atomic mass is 16.5. The van der Waals surface area contributed by atoms with Crippen LogP contribution in [0.15, 0.2) is 0 Å². The van der Waals surface area contributed by atoms with E-state index in [0.717, 1.165) is 25.7 Å². The lowest BCUT2D eigenvalue weighted by Crippen LogP contribution is -2.52. The van der Waals surface area contributed by atoms with Gasteiger partial charge >= 0.3 is 0 Å². The summed E-state index contributed by atoms with van der Waals surface area (Å²) < 4.78 is 0. The maximum atomic E-state index is 13.2. The van der Waals surface area contributed by atoms with Crippen LogP contribution in [0.5, 0.6) is 0 Å². The van der Waals surface area contributed by atoms with Crippen molar-refractivity contribution < 1.29 is 5.21 Å². The van der Waals surface area contributed by atoms with Crippen molar-refractivity contribution in [2.45, 2.75) is 90.1 Å². The molecule has 1 saturated carbocycles. The summed E-state index contributed by atoms with van der Waals surface area (Å²) in [4.78, 5) is 0. The minimum atomic E-state index is -0.0584. The van der Waals surface area contributed by atoms with Gasteiger partial charge in [-0.1, -0.05) is 40.5 Å². The Labute approximate surface area is 113 Å². The van der Waals surface area contributed by atoms with Crippen LogP contribution in [-0.4, -0.2) is 16.1 Å². The summed E-state index contributed by atoms with van der Waals surface area (Å²) in [5.74, 6) is 1.30. The first-order chi connectivity index (χ1) is 8.62. The van der Waals surface area contributed by atoms with E-state index in [0.29, 0.717) is 11.8 Å². The molecular formula is C16H30NO. The van der Waals surface area contributed by atoms with Gasteiger partial charge in [0, 0.05) is 0 Å². The smallest absolute Gasteiger partial charge is 0.0526 e. The summed E-state index contributed by atoms with van der Waals surface area (Å²) in [5.41, 5.74) is -0.117. The van der Waals surface area contributed by atoms with Crippen LogP contribution in [0.4, 0.5) is 0 Å². The fourth-order valence-corrected chi connectivity index (χ4v) is 5.29. The molecule has 2 nitrogen and oxygen atoms in total. The molecule has 0 aromatic carbocycles. The Morgan fingerprint density at radius 1 is 0.833 bits per heavy atom. The Bertz CT molecular complexity index is 245. The number of nitrogens with zero attached hydrogens (tertiary/aromatic N) is 1. The van der Waals surface area contributed by atoms with Crippen molar-refractivity contribution >= 4 is 0 Å². The Hall–Kier alpha value is -0.0800. The highest BCUT2D eigenvalue weighted by Crippen LogP contribution is 2.59. The van der Waals surface area contributed by atoms with E-state index < -0.39 is 0 Å². The Morgan fingerprint density at radius 3 is 1.44 bits per heavy atom. The average Bonchev–Trinajstić information content (AvgIpc) is 2.65. The van der Waals surface area contributed by atoms with Crippen LogP contribution in [0.3, 0.4) is 0 Å². The molecule has 2 heteroatoms. The third-order valence-electron chi connectivity index (χ3n) is 6.40. The molecule has 2 rings (SSSR count). The summed E-state index contributed by atoms with van der Waals surface area (Å²) in [6, 6.07) is 0. The van der Waals surface area contributed by atoms with Crippen molar-refractivity contribution in [3.05, 3.63) is 0 Å². The summed E-state index contributed by atoms with van der Waals surface area (Å²) in [6.07, 6.45) is 9.33. The van der Waals surface area contributed by atoms with Gasteiger partial charge in [0.25, 0.3) is 0 Å². The first-order valence-corrected chi connectivity index (χ1v) is 8.10. The quantitative estimate of drug-likeness (QED) is 0.718. The topological polar surface area (TPSA) is 23.1 Å². The number of fused-ring (bicyclic) bond motifs is 1. The molecule has 18 heavy (non-hydrogen) atoms. The molecule has 0 N–H and O–H groups in total. The lowest BCUT2D eigenvalue weighted by atomic mass is 9.65. The molecule has 0 aromatic heterocycles. The minimum absolute atomic E-state index is 0.0584. The zero-order valence-electron chi connectivity index (χ0n) is 12.7. The van der Waals surface area contributed by atoms with Crippen LogP contribution in [-0.2, 0) is 5.21 Å². The second-order valence-electron chi connectivity index (χ2n) is 6.41. The third-order valence-corrected chi connectivity index (χ3v) is 6.40. The van der Waals surface area contributed by atoms with E-state index in [4.69, 9.17) is 0 Å². The number of hydroxylamine groups is 2. The molecule has 0 amide bonds. The Morgan fingerprint density at radius 2 is 1.17 bits per heavy atom. The van der Waals surface area contributed by atoms with Crippen LogP contribution in [0.1, 0.15) is 79.1 Å². The molecule has 2 unspecified atom stereocenters. The zero-order chi connectivity index (χ0) is 13.4. The second-order valence-corrected chi connectivity index (χ2v) is 6.41. The van der Waals surface area contributed by atoms with E-state index in [1.165, 1.54) is 25.7 Å². The van der Waals surface area contributed by atoms with Crippen molar-refractivity contribution in [1.29, 1.82) is 0 Å². The molecule has 2 atom stereocenters. The first kappa shape index (κ1) is 14.3. The monoisotopic (exact) mass is 252 g/mol. The minimum Gasteiger partial charge on any atom is -0.142 e. The van der Waals surface area contributed by atoms with Crippen molar-refractivity contribution in [2.24, 2.45) is 11.8 Å². The molecule has 2 aliphatic rings. The lowest BCUT2D eigenvalue weighted by molar-refractivity contribution is -0.271. The molecule has 2 fully saturated rings. The van der Waals surface area contributed by atoms with Gasteiger partial charge in [0.2, 0.25) is 0 Å². The fourth-order valence-electron chi connectivity index (χ4n) is 5.29. The van der Waals surface area contributed by atoms with Gasteiger partial charge in [-0.3, -0.25) is 0 Å². The predicted octanol–water partition coefficient (Wildman–Crippen LogP) is 4.57. The van der Waals surface area contributed by atoms with Gasteiger partial charge in [0.05, 0.1) is 11.1 Å². The highest BCUT2D eigenvalue weighted by molar-refractivity contribution is 5.13. The van der Waals surface area contributed by atoms with E-state index in [9.17, 15) is 5.21 Å². The van der Waals surface area contributed by atoms with Gasteiger partial charge in [-0.15, -0.1) is 10.3 Å². The van der Waals surface area contributed by atoms with Crippen molar-refractivity contribution in [3.8, 4) is 0 Å². The summed E-state index contributed by atoms with van der Waals surface area (Å²) in [7, 11) is 0. The van der Waals surface area contributed by atoms with Crippen molar-refractivity contribution in [1.82, 2.24) is 5.06 Å². The molecular weight excluding hydrogens is 222 g/mol. The lowest BCUT2D eigenvalue weighted by Gasteiger charge is -2.41. The van der Waals surface area contributed by atoms with Gasteiger partial charge in [0.1, 0.15) is 0 Å². The standard InChI is InChI=1S/C16H30NO/c1-5-15(6-2)13-11-9-10-12-14(13)16(7-3,8-4)17(15)18/h13-14H,5-12H2,1-4H3. The number of hydrogen-bond donors (Lipinski definition) is 0. The van der Waals surface area contributed by atoms with Gasteiger partial charge in [-0.25, -0.2) is 0 Å². The first-order valence-electron chi connectivity index (χ1n) is 8.10. The number of hydrogen-bond acceptors (Lipinski definition) is 1. The summed E-state index contributed by atoms with van der Waals surface area (Å²) in [6.45, 7) is 8.89. The number of rotatable bonds is 4. The normalized spacial score (nSPS) is 34.5. The molecule has 1 aliphatic heterocycles. The Balaban J connectivity index is 2.45. The van der Waals surface area contributed by atoms with Gasteiger partial charge in [-0.2, -0.15) is 0 Å². The SMILES string of the molecule is CCC1(CC)C2CCCCC2C(CC)(CC)N1[O]. The van der Waals surface area contributed by atoms with E-state index in [-0.39, 0.29) is 11.1 Å². The van der Waals surface area contributed by atoms with Crippen LogP contribution in [0.25, 0.3) is 0 Å². The maximum Gasteiger partial charge on any atom is 0.0526 e.